The van der Waals surface area contributed by atoms with Crippen LogP contribution in [0.25, 0.3) is 0 Å². The summed E-state index contributed by atoms with van der Waals surface area (Å²) < 4.78 is 4.97. The van der Waals surface area contributed by atoms with E-state index in [2.05, 4.69) is 10.6 Å². The van der Waals surface area contributed by atoms with Crippen LogP contribution in [0.2, 0.25) is 0 Å². The van der Waals surface area contributed by atoms with Crippen LogP contribution in [0, 0.1) is 0 Å². The zero-order valence-electron chi connectivity index (χ0n) is 12.4. The third kappa shape index (κ3) is 6.13. The predicted molar refractivity (Wildman–Crippen MR) is 80.8 cm³/mol. The summed E-state index contributed by atoms with van der Waals surface area (Å²) >= 11 is 0. The molecule has 0 saturated carbocycles. The van der Waals surface area contributed by atoms with E-state index < -0.39 is 18.1 Å². The SMILES string of the molecule is COC(CNC(=O)Nc1ccc(N(C)C)cc1)CC(=O)O. The summed E-state index contributed by atoms with van der Waals surface area (Å²) in [6.07, 6.45) is -0.710. The van der Waals surface area contributed by atoms with E-state index in [-0.39, 0.29) is 13.0 Å². The van der Waals surface area contributed by atoms with Gasteiger partial charge in [0.15, 0.2) is 0 Å². The first kappa shape index (κ1) is 16.8. The number of aliphatic carboxylic acids is 1. The molecule has 0 spiro atoms. The molecule has 1 rings (SSSR count). The van der Waals surface area contributed by atoms with Crippen LogP contribution in [0.1, 0.15) is 6.42 Å². The van der Waals surface area contributed by atoms with Gasteiger partial charge in [-0.2, -0.15) is 0 Å². The second kappa shape index (κ2) is 8.11. The molecule has 1 atom stereocenters. The summed E-state index contributed by atoms with van der Waals surface area (Å²) in [5, 5.41) is 13.9. The van der Waals surface area contributed by atoms with E-state index >= 15 is 0 Å². The summed E-state index contributed by atoms with van der Waals surface area (Å²) in [5.74, 6) is -0.969. The minimum atomic E-state index is -0.969. The Morgan fingerprint density at radius 2 is 1.90 bits per heavy atom. The van der Waals surface area contributed by atoms with Gasteiger partial charge in [0.1, 0.15) is 0 Å². The first-order valence-electron chi connectivity index (χ1n) is 6.49. The Kier molecular flexibility index (Phi) is 6.48. The van der Waals surface area contributed by atoms with Gasteiger partial charge in [-0.05, 0) is 24.3 Å². The zero-order valence-corrected chi connectivity index (χ0v) is 12.4. The number of ether oxygens (including phenoxy) is 1. The molecule has 0 fully saturated rings. The standard InChI is InChI=1S/C14H21N3O4/c1-17(2)11-6-4-10(5-7-11)16-14(20)15-9-12(21-3)8-13(18)19/h4-7,12H,8-9H2,1-3H3,(H,18,19)(H2,15,16,20). The first-order chi connectivity index (χ1) is 9.92. The lowest BCUT2D eigenvalue weighted by atomic mass is 10.2. The fourth-order valence-corrected chi connectivity index (χ4v) is 1.66. The summed E-state index contributed by atoms with van der Waals surface area (Å²) in [4.78, 5) is 24.2. The number of methoxy groups -OCH3 is 1. The van der Waals surface area contributed by atoms with Crippen molar-refractivity contribution in [3.05, 3.63) is 24.3 Å². The number of hydrogen-bond donors (Lipinski definition) is 3. The lowest BCUT2D eigenvalue weighted by Crippen LogP contribution is -2.37. The highest BCUT2D eigenvalue weighted by molar-refractivity contribution is 5.89. The molecule has 0 aliphatic rings. The van der Waals surface area contributed by atoms with Gasteiger partial charge in [0.2, 0.25) is 0 Å². The normalized spacial score (nSPS) is 11.6. The van der Waals surface area contributed by atoms with Crippen LogP contribution in [0.15, 0.2) is 24.3 Å². The van der Waals surface area contributed by atoms with Crippen molar-refractivity contribution in [1.82, 2.24) is 5.32 Å². The number of anilines is 2. The molecular weight excluding hydrogens is 274 g/mol. The molecule has 21 heavy (non-hydrogen) atoms. The highest BCUT2D eigenvalue weighted by atomic mass is 16.5. The second-order valence-corrected chi connectivity index (χ2v) is 4.73. The molecule has 0 saturated heterocycles. The van der Waals surface area contributed by atoms with Crippen molar-refractivity contribution in [3.8, 4) is 0 Å². The number of carbonyl (C=O) groups is 2. The number of rotatable bonds is 7. The lowest BCUT2D eigenvalue weighted by Gasteiger charge is -2.15. The predicted octanol–water partition coefficient (Wildman–Crippen LogP) is 1.36. The molecule has 0 bridgehead atoms. The summed E-state index contributed by atoms with van der Waals surface area (Å²) in [6, 6.07) is 6.95. The highest BCUT2D eigenvalue weighted by Gasteiger charge is 2.13. The van der Waals surface area contributed by atoms with Crippen LogP contribution in [-0.2, 0) is 9.53 Å². The molecule has 1 aromatic carbocycles. The molecular formula is C14H21N3O4. The van der Waals surface area contributed by atoms with E-state index in [1.165, 1.54) is 7.11 Å². The molecule has 1 aromatic rings. The van der Waals surface area contributed by atoms with Gasteiger partial charge in [0.05, 0.1) is 12.5 Å². The maximum Gasteiger partial charge on any atom is 0.319 e. The monoisotopic (exact) mass is 295 g/mol. The van der Waals surface area contributed by atoms with Crippen molar-refractivity contribution >= 4 is 23.4 Å². The average Bonchev–Trinajstić information content (AvgIpc) is 2.43. The molecule has 116 valence electrons. The minimum absolute atomic E-state index is 0.129. The van der Waals surface area contributed by atoms with Crippen LogP contribution in [-0.4, -0.2) is 51.0 Å². The van der Waals surface area contributed by atoms with Crippen LogP contribution in [0.4, 0.5) is 16.2 Å². The molecule has 0 heterocycles. The van der Waals surface area contributed by atoms with Crippen LogP contribution < -0.4 is 15.5 Å². The smallest absolute Gasteiger partial charge is 0.319 e. The van der Waals surface area contributed by atoms with Gasteiger partial charge in [0, 0.05) is 39.1 Å². The number of carboxylic acid groups (broad SMARTS) is 1. The molecule has 2 amide bonds. The molecule has 7 nitrogen and oxygen atoms in total. The van der Waals surface area contributed by atoms with E-state index in [0.717, 1.165) is 5.69 Å². The number of carbonyl (C=O) groups excluding carboxylic acids is 1. The molecule has 0 radical (unpaired) electrons. The molecule has 0 aromatic heterocycles. The van der Waals surface area contributed by atoms with E-state index in [9.17, 15) is 9.59 Å². The minimum Gasteiger partial charge on any atom is -0.481 e. The quantitative estimate of drug-likeness (QED) is 0.706. The molecule has 0 aliphatic heterocycles. The van der Waals surface area contributed by atoms with Gasteiger partial charge in [0.25, 0.3) is 0 Å². The number of urea groups is 1. The second-order valence-electron chi connectivity index (χ2n) is 4.73. The Hall–Kier alpha value is -2.28. The number of nitrogens with zero attached hydrogens (tertiary/aromatic N) is 1. The van der Waals surface area contributed by atoms with Gasteiger partial charge < -0.3 is 25.4 Å². The Bertz CT molecular complexity index is 474. The Balaban J connectivity index is 2.44. The third-order valence-corrected chi connectivity index (χ3v) is 2.87. The van der Waals surface area contributed by atoms with Crippen LogP contribution >= 0.6 is 0 Å². The van der Waals surface area contributed by atoms with Gasteiger partial charge >= 0.3 is 12.0 Å². The van der Waals surface area contributed by atoms with Gasteiger partial charge in [-0.15, -0.1) is 0 Å². The Labute approximate surface area is 123 Å². The maximum absolute atomic E-state index is 11.7. The van der Waals surface area contributed by atoms with Crippen molar-refractivity contribution in [2.24, 2.45) is 0 Å². The Morgan fingerprint density at radius 1 is 1.29 bits per heavy atom. The van der Waals surface area contributed by atoms with Crippen molar-refractivity contribution in [3.63, 3.8) is 0 Å². The fraction of sp³-hybridized carbons (Fsp3) is 0.429. The van der Waals surface area contributed by atoms with Crippen molar-refractivity contribution in [2.75, 3.05) is 38.0 Å². The van der Waals surface area contributed by atoms with Gasteiger partial charge in [-0.1, -0.05) is 0 Å². The summed E-state index contributed by atoms with van der Waals surface area (Å²) in [7, 11) is 5.28. The lowest BCUT2D eigenvalue weighted by molar-refractivity contribution is -0.139. The van der Waals surface area contributed by atoms with E-state index in [0.29, 0.717) is 5.69 Å². The third-order valence-electron chi connectivity index (χ3n) is 2.87. The van der Waals surface area contributed by atoms with Crippen molar-refractivity contribution in [2.45, 2.75) is 12.5 Å². The van der Waals surface area contributed by atoms with Crippen molar-refractivity contribution < 1.29 is 19.4 Å². The van der Waals surface area contributed by atoms with Gasteiger partial charge in [-0.3, -0.25) is 4.79 Å². The van der Waals surface area contributed by atoms with E-state index in [4.69, 9.17) is 9.84 Å². The molecule has 3 N–H and O–H groups in total. The zero-order chi connectivity index (χ0) is 15.8. The summed E-state index contributed by atoms with van der Waals surface area (Å²) in [6.45, 7) is 0.129. The number of nitrogens with one attached hydrogen (secondary N) is 2. The number of carboxylic acids is 1. The average molecular weight is 295 g/mol. The largest absolute Gasteiger partial charge is 0.481 e. The van der Waals surface area contributed by atoms with Crippen LogP contribution in [0.3, 0.4) is 0 Å². The number of amides is 2. The topological polar surface area (TPSA) is 90.9 Å². The summed E-state index contributed by atoms with van der Waals surface area (Å²) in [5.41, 5.74) is 1.69. The molecule has 0 aliphatic carbocycles. The fourth-order valence-electron chi connectivity index (χ4n) is 1.66. The van der Waals surface area contributed by atoms with Crippen LogP contribution in [0.5, 0.6) is 0 Å². The highest BCUT2D eigenvalue weighted by Crippen LogP contribution is 2.15. The number of benzene rings is 1. The maximum atomic E-state index is 11.7. The van der Waals surface area contributed by atoms with E-state index in [1.54, 1.807) is 12.1 Å². The Morgan fingerprint density at radius 3 is 2.38 bits per heavy atom. The van der Waals surface area contributed by atoms with E-state index in [1.807, 2.05) is 31.1 Å². The first-order valence-corrected chi connectivity index (χ1v) is 6.49. The molecule has 7 heteroatoms. The molecule has 1 unspecified atom stereocenters. The van der Waals surface area contributed by atoms with Gasteiger partial charge in [-0.25, -0.2) is 4.79 Å². The van der Waals surface area contributed by atoms with Crippen molar-refractivity contribution in [1.29, 1.82) is 0 Å². The number of hydrogen-bond acceptors (Lipinski definition) is 4.